The predicted octanol–water partition coefficient (Wildman–Crippen LogP) is 28.4. The Morgan fingerprint density at radius 1 is 0.248 bits per heavy atom. The fourth-order valence-corrected chi connectivity index (χ4v) is 13.8. The highest BCUT2D eigenvalue weighted by atomic mass is 31.2. The van der Waals surface area contributed by atoms with Crippen molar-refractivity contribution in [2.75, 3.05) is 39.6 Å². The molecule has 5 unspecified atom stereocenters. The molecule has 0 bridgehead atoms. The molecular weight excluding hydrogens is 1510 g/mol. The molecule has 0 aliphatic rings. The standard InChI is InChI=1S/C99H166O16P2/c1-4-7-10-13-16-19-22-25-28-31-33-35-37-39-41-43-44-45-46-47-48-50-52-53-55-57-59-62-64-67-70-73-76-79-82-85-97(102)109-88-94(100)89-111-116(105,106)112-90-95(101)91-113-117(107,108)114-93-96(115-99(104)87-84-81-78-75-72-69-66-61-30-27-24-21-18-15-12-9-6-3)92-110-98(103)86-83-80-77-74-71-68-65-63-60-58-56-54-51-49-42-40-38-36-34-32-29-26-23-20-17-14-11-8-5-2/h8-9,11-12,16-21,25-30,33-36,39-42,51,54,66,69,75,78,94-96,100-101H,4-7,10,13-15,22-24,31-32,37-38,43-50,52-53,55-65,67-68,70-74,76-77,79-93H2,1-3H3,(H,105,106)(H,107,108)/b11-8-,12-9-,19-16-,20-17-,21-18-,28-25-,29-26-,30-27-,35-33-,36-34-,41-39-,42-40-,54-51-,69-66-,78-75-. The summed E-state index contributed by atoms with van der Waals surface area (Å²) in [6.45, 7) is 2.38. The Morgan fingerprint density at radius 2 is 0.462 bits per heavy atom. The van der Waals surface area contributed by atoms with Gasteiger partial charge in [0.05, 0.1) is 26.4 Å². The zero-order chi connectivity index (χ0) is 85.1. The molecule has 0 radical (unpaired) electrons. The van der Waals surface area contributed by atoms with Gasteiger partial charge < -0.3 is 34.2 Å². The second-order valence-corrected chi connectivity index (χ2v) is 33.2. The molecule has 18 heteroatoms. The first-order valence-electron chi connectivity index (χ1n) is 46.1. The summed E-state index contributed by atoms with van der Waals surface area (Å²) in [5, 5.41) is 20.7. The van der Waals surface area contributed by atoms with Crippen LogP contribution in [0.25, 0.3) is 0 Å². The molecule has 0 aromatic heterocycles. The first-order valence-corrected chi connectivity index (χ1v) is 49.1. The summed E-state index contributed by atoms with van der Waals surface area (Å²) >= 11 is 0. The number of hydrogen-bond donors (Lipinski definition) is 4. The van der Waals surface area contributed by atoms with Gasteiger partial charge in [0.1, 0.15) is 25.4 Å². The number of carbonyl (C=O) groups is 3. The number of phosphoric ester groups is 2. The van der Waals surface area contributed by atoms with Crippen molar-refractivity contribution >= 4 is 33.6 Å². The highest BCUT2D eigenvalue weighted by Crippen LogP contribution is 2.45. The van der Waals surface area contributed by atoms with Crippen molar-refractivity contribution in [3.8, 4) is 0 Å². The van der Waals surface area contributed by atoms with Crippen molar-refractivity contribution in [3.05, 3.63) is 182 Å². The number of aliphatic hydroxyl groups excluding tert-OH is 2. The molecule has 0 aromatic rings. The number of allylic oxidation sites excluding steroid dienone is 30. The van der Waals surface area contributed by atoms with Gasteiger partial charge in [0.15, 0.2) is 6.10 Å². The molecule has 0 aliphatic heterocycles. The van der Waals surface area contributed by atoms with Crippen molar-refractivity contribution in [2.24, 2.45) is 0 Å². The number of phosphoric acid groups is 2. The molecule has 668 valence electrons. The third-order valence-electron chi connectivity index (χ3n) is 19.1. The number of esters is 3. The smallest absolute Gasteiger partial charge is 0.463 e. The summed E-state index contributed by atoms with van der Waals surface area (Å²) in [6, 6.07) is 0. The van der Waals surface area contributed by atoms with Gasteiger partial charge in [-0.1, -0.05) is 376 Å². The van der Waals surface area contributed by atoms with E-state index >= 15 is 0 Å². The van der Waals surface area contributed by atoms with Crippen LogP contribution in [0.4, 0.5) is 0 Å². The maximum atomic E-state index is 13.0. The highest BCUT2D eigenvalue weighted by molar-refractivity contribution is 7.47. The monoisotopic (exact) mass is 1670 g/mol. The lowest BCUT2D eigenvalue weighted by atomic mass is 10.0. The van der Waals surface area contributed by atoms with Gasteiger partial charge in [-0.25, -0.2) is 9.13 Å². The van der Waals surface area contributed by atoms with Gasteiger partial charge in [-0.05, 0) is 154 Å². The minimum Gasteiger partial charge on any atom is -0.463 e. The highest BCUT2D eigenvalue weighted by Gasteiger charge is 2.29. The van der Waals surface area contributed by atoms with E-state index in [9.17, 15) is 43.5 Å². The van der Waals surface area contributed by atoms with E-state index in [0.717, 1.165) is 141 Å². The van der Waals surface area contributed by atoms with Crippen LogP contribution in [0.2, 0.25) is 0 Å². The molecule has 0 heterocycles. The Morgan fingerprint density at radius 3 is 0.744 bits per heavy atom. The van der Waals surface area contributed by atoms with E-state index in [4.69, 9.17) is 32.3 Å². The lowest BCUT2D eigenvalue weighted by Crippen LogP contribution is -2.30. The molecular formula is C99H166O16P2. The second-order valence-electron chi connectivity index (χ2n) is 30.3. The predicted molar refractivity (Wildman–Crippen MR) is 491 cm³/mol. The number of unbranched alkanes of at least 4 members (excludes halogenated alkanes) is 33. The molecule has 4 N–H and O–H groups in total. The van der Waals surface area contributed by atoms with E-state index in [1.54, 1.807) is 0 Å². The Labute approximate surface area is 713 Å². The Hall–Kier alpha value is -5.35. The molecule has 5 atom stereocenters. The van der Waals surface area contributed by atoms with Gasteiger partial charge in [0.2, 0.25) is 0 Å². The van der Waals surface area contributed by atoms with Gasteiger partial charge in [0.25, 0.3) is 0 Å². The van der Waals surface area contributed by atoms with Crippen molar-refractivity contribution < 1.29 is 75.8 Å². The summed E-state index contributed by atoms with van der Waals surface area (Å²) in [4.78, 5) is 58.9. The van der Waals surface area contributed by atoms with Gasteiger partial charge in [-0.3, -0.25) is 32.5 Å². The molecule has 0 fully saturated rings. The SMILES string of the molecule is CC/C=C\C/C=C\C/C=C\C/C=C\C/C=C\C/C=C\CCCCCCCCCCCCC(=O)OCC(COP(=O)(O)OCC(O)COP(=O)(O)OCC(O)COC(=O)CCCCCCCCCCCCCCCCCCCCC/C=C\C/C=C\C/C=C\C/C=C\CCCCC)OC(=O)CCC/C=C\C/C=C\C/C=C\C/C=C\C/C=C\CC. The summed E-state index contributed by atoms with van der Waals surface area (Å²) in [5.74, 6) is -1.65. The summed E-state index contributed by atoms with van der Waals surface area (Å²) < 4.78 is 61.3. The molecule has 0 aromatic carbocycles. The molecule has 0 aliphatic carbocycles. The van der Waals surface area contributed by atoms with Gasteiger partial charge in [-0.2, -0.15) is 0 Å². The van der Waals surface area contributed by atoms with Crippen LogP contribution >= 0.6 is 15.6 Å². The van der Waals surface area contributed by atoms with Crippen LogP contribution in [-0.4, -0.2) is 95.9 Å². The van der Waals surface area contributed by atoms with E-state index in [1.807, 2.05) is 12.2 Å². The van der Waals surface area contributed by atoms with Crippen molar-refractivity contribution in [1.29, 1.82) is 0 Å². The van der Waals surface area contributed by atoms with Crippen LogP contribution in [-0.2, 0) is 55.8 Å². The molecule has 0 rings (SSSR count). The fourth-order valence-electron chi connectivity index (χ4n) is 12.2. The second kappa shape index (κ2) is 89.9. The first-order chi connectivity index (χ1) is 57.2. The lowest BCUT2D eigenvalue weighted by molar-refractivity contribution is -0.161. The zero-order valence-electron chi connectivity index (χ0n) is 73.6. The molecule has 0 saturated carbocycles. The molecule has 16 nitrogen and oxygen atoms in total. The van der Waals surface area contributed by atoms with E-state index in [-0.39, 0.29) is 19.3 Å². The third-order valence-corrected chi connectivity index (χ3v) is 21.0. The topological polar surface area (TPSA) is 231 Å². The summed E-state index contributed by atoms with van der Waals surface area (Å²) in [7, 11) is -9.83. The van der Waals surface area contributed by atoms with Crippen LogP contribution < -0.4 is 0 Å². The van der Waals surface area contributed by atoms with Gasteiger partial charge in [0, 0.05) is 19.3 Å². The zero-order valence-corrected chi connectivity index (χ0v) is 75.4. The van der Waals surface area contributed by atoms with Gasteiger partial charge in [-0.15, -0.1) is 0 Å². The van der Waals surface area contributed by atoms with Crippen LogP contribution in [0.3, 0.4) is 0 Å². The van der Waals surface area contributed by atoms with Crippen LogP contribution in [0.5, 0.6) is 0 Å². The average molecular weight is 1670 g/mol. The number of hydrogen-bond acceptors (Lipinski definition) is 14. The van der Waals surface area contributed by atoms with E-state index in [1.165, 1.54) is 161 Å². The Bertz CT molecular complexity index is 2860. The van der Waals surface area contributed by atoms with Gasteiger partial charge >= 0.3 is 33.6 Å². The minimum absolute atomic E-state index is 0.0199. The largest absolute Gasteiger partial charge is 0.472 e. The normalized spacial score (nSPS) is 14.6. The van der Waals surface area contributed by atoms with E-state index < -0.39 is 91.5 Å². The Kier molecular flexibility index (Phi) is 85.8. The van der Waals surface area contributed by atoms with Crippen LogP contribution in [0.15, 0.2) is 182 Å². The first kappa shape index (κ1) is 112. The van der Waals surface area contributed by atoms with E-state index in [2.05, 4.69) is 191 Å². The molecule has 117 heavy (non-hydrogen) atoms. The van der Waals surface area contributed by atoms with Crippen LogP contribution in [0.1, 0.15) is 367 Å². The van der Waals surface area contributed by atoms with E-state index in [0.29, 0.717) is 25.7 Å². The average Bonchev–Trinajstić information content (AvgIpc) is 0.876. The summed E-state index contributed by atoms with van der Waals surface area (Å²) in [6.07, 6.45) is 118. The summed E-state index contributed by atoms with van der Waals surface area (Å²) in [5.41, 5.74) is 0. The molecule has 0 amide bonds. The van der Waals surface area contributed by atoms with Crippen molar-refractivity contribution in [2.45, 2.75) is 386 Å². The quantitative estimate of drug-likeness (QED) is 0.0146. The lowest BCUT2D eigenvalue weighted by Gasteiger charge is -2.21. The maximum Gasteiger partial charge on any atom is 0.472 e. The third kappa shape index (κ3) is 91.2. The number of carbonyl (C=O) groups excluding carboxylic acids is 3. The fraction of sp³-hybridized carbons (Fsp3) is 0.667. The number of rotatable bonds is 86. The maximum absolute atomic E-state index is 13.0. The number of ether oxygens (including phenoxy) is 3. The van der Waals surface area contributed by atoms with Crippen molar-refractivity contribution in [3.63, 3.8) is 0 Å². The van der Waals surface area contributed by atoms with Crippen molar-refractivity contribution in [1.82, 2.24) is 0 Å². The molecule has 0 saturated heterocycles. The minimum atomic E-state index is -4.96. The molecule has 0 spiro atoms. The van der Waals surface area contributed by atoms with Crippen LogP contribution in [0, 0.1) is 0 Å². The number of aliphatic hydroxyl groups is 2. The Balaban J connectivity index is 4.51.